The van der Waals surface area contributed by atoms with Gasteiger partial charge < -0.3 is 14.8 Å². The molecule has 2 aliphatic heterocycles. The Hall–Kier alpha value is -2.75. The number of thiophene rings is 1. The van der Waals surface area contributed by atoms with Gasteiger partial charge in [0, 0.05) is 30.2 Å². The molecule has 0 radical (unpaired) electrons. The summed E-state index contributed by atoms with van der Waals surface area (Å²) in [6, 6.07) is 7.98. The van der Waals surface area contributed by atoms with E-state index in [-0.39, 0.29) is 6.09 Å². The summed E-state index contributed by atoms with van der Waals surface area (Å²) in [5.41, 5.74) is 3.16. The molecule has 2 aliphatic rings. The highest BCUT2D eigenvalue weighted by atomic mass is 32.1. The van der Waals surface area contributed by atoms with Crippen molar-refractivity contribution in [3.05, 3.63) is 46.1 Å². The van der Waals surface area contributed by atoms with Gasteiger partial charge in [-0.1, -0.05) is 12.1 Å². The van der Waals surface area contributed by atoms with Crippen molar-refractivity contribution in [2.75, 3.05) is 49.7 Å². The van der Waals surface area contributed by atoms with Crippen LogP contribution in [0.2, 0.25) is 0 Å². The number of nitrogens with one attached hydrogen (secondary N) is 1. The molecule has 9 heteroatoms. The smallest absolute Gasteiger partial charge is 0.414 e. The molecular weight excluding hydrogens is 426 g/mol. The molecule has 1 aromatic carbocycles. The Morgan fingerprint density at radius 3 is 2.75 bits per heavy atom. The summed E-state index contributed by atoms with van der Waals surface area (Å²) in [6.45, 7) is 9.91. The van der Waals surface area contributed by atoms with Gasteiger partial charge in [0.05, 0.1) is 31.7 Å². The van der Waals surface area contributed by atoms with Crippen LogP contribution < -0.4 is 10.2 Å². The zero-order valence-corrected chi connectivity index (χ0v) is 19.2. The summed E-state index contributed by atoms with van der Waals surface area (Å²) in [5.74, 6) is 1.70. The third kappa shape index (κ3) is 4.28. The number of hydrogen-bond acceptors (Lipinski definition) is 8. The first kappa shape index (κ1) is 21.1. The first-order valence-electron chi connectivity index (χ1n) is 10.9. The van der Waals surface area contributed by atoms with Gasteiger partial charge in [0.25, 0.3) is 0 Å². The molecule has 4 heterocycles. The number of cyclic esters (lactones) is 1. The summed E-state index contributed by atoms with van der Waals surface area (Å²) >= 11 is 1.72. The van der Waals surface area contributed by atoms with Crippen molar-refractivity contribution < 1.29 is 14.3 Å². The lowest BCUT2D eigenvalue weighted by Gasteiger charge is -2.25. The van der Waals surface area contributed by atoms with E-state index in [4.69, 9.17) is 19.4 Å². The van der Waals surface area contributed by atoms with Gasteiger partial charge in [0.2, 0.25) is 0 Å². The Bertz CT molecular complexity index is 1140. The lowest BCUT2D eigenvalue weighted by molar-refractivity contribution is 0.0331. The lowest BCUT2D eigenvalue weighted by atomic mass is 10.1. The van der Waals surface area contributed by atoms with Crippen molar-refractivity contribution >= 4 is 39.2 Å². The van der Waals surface area contributed by atoms with Gasteiger partial charge in [-0.15, -0.1) is 11.3 Å². The Balaban J connectivity index is 1.40. The zero-order valence-electron chi connectivity index (χ0n) is 18.4. The maximum Gasteiger partial charge on any atom is 0.414 e. The number of fused-ring (bicyclic) bond motifs is 1. The predicted molar refractivity (Wildman–Crippen MR) is 125 cm³/mol. The third-order valence-corrected chi connectivity index (χ3v) is 7.09. The van der Waals surface area contributed by atoms with Crippen LogP contribution in [0.4, 0.5) is 16.3 Å². The molecule has 8 nitrogen and oxygen atoms in total. The van der Waals surface area contributed by atoms with Crippen LogP contribution in [-0.4, -0.2) is 60.4 Å². The van der Waals surface area contributed by atoms with Crippen molar-refractivity contribution in [2.24, 2.45) is 0 Å². The number of ether oxygens (including phenoxy) is 2. The van der Waals surface area contributed by atoms with Crippen LogP contribution in [-0.2, 0) is 22.6 Å². The highest BCUT2D eigenvalue weighted by Gasteiger charge is 2.23. The van der Waals surface area contributed by atoms with Gasteiger partial charge in [-0.25, -0.2) is 14.8 Å². The molecule has 0 atom stereocenters. The highest BCUT2D eigenvalue weighted by Crippen LogP contribution is 2.34. The third-order valence-electron chi connectivity index (χ3n) is 5.99. The monoisotopic (exact) mass is 453 g/mol. The number of anilines is 2. The standard InChI is InChI=1S/C23H27N5O3S/c1-15-16(2)32-22-20(15)21(25-19(26-22)14-27-6-9-30-10-7-27)24-13-17-4-3-5-18(12-17)28-8-11-31-23(28)29/h3-5,12H,6-11,13-14H2,1-2H3,(H,24,25,26). The van der Waals surface area contributed by atoms with Crippen LogP contribution in [0.1, 0.15) is 21.8 Å². The summed E-state index contributed by atoms with van der Waals surface area (Å²) < 4.78 is 10.5. The molecule has 0 unspecified atom stereocenters. The van der Waals surface area contributed by atoms with Gasteiger partial charge in [-0.3, -0.25) is 9.80 Å². The Morgan fingerprint density at radius 2 is 1.97 bits per heavy atom. The number of benzene rings is 1. The van der Waals surface area contributed by atoms with Gasteiger partial charge in [-0.05, 0) is 37.1 Å². The second-order valence-corrected chi connectivity index (χ2v) is 9.33. The summed E-state index contributed by atoms with van der Waals surface area (Å²) in [6.07, 6.45) is -0.287. The van der Waals surface area contributed by atoms with Crippen molar-refractivity contribution in [1.82, 2.24) is 14.9 Å². The van der Waals surface area contributed by atoms with Gasteiger partial charge >= 0.3 is 6.09 Å². The second-order valence-electron chi connectivity index (χ2n) is 8.13. The van der Waals surface area contributed by atoms with Crippen molar-refractivity contribution in [3.63, 3.8) is 0 Å². The van der Waals surface area contributed by atoms with Gasteiger partial charge in [-0.2, -0.15) is 0 Å². The molecule has 1 N–H and O–H groups in total. The molecule has 168 valence electrons. The Morgan fingerprint density at radius 1 is 1.12 bits per heavy atom. The SMILES string of the molecule is Cc1sc2nc(CN3CCOCC3)nc(NCc3cccc(N4CCOC4=O)c3)c2c1C. The molecule has 0 saturated carbocycles. The lowest BCUT2D eigenvalue weighted by Crippen LogP contribution is -2.36. The topological polar surface area (TPSA) is 79.8 Å². The number of amides is 1. The molecule has 32 heavy (non-hydrogen) atoms. The quantitative estimate of drug-likeness (QED) is 0.609. The Kier molecular flexibility index (Phi) is 5.95. The molecule has 2 fully saturated rings. The van der Waals surface area contributed by atoms with Crippen molar-refractivity contribution in [1.29, 1.82) is 0 Å². The fourth-order valence-electron chi connectivity index (χ4n) is 4.10. The van der Waals surface area contributed by atoms with E-state index in [1.807, 2.05) is 18.2 Å². The predicted octanol–water partition coefficient (Wildman–Crippen LogP) is 3.71. The van der Waals surface area contributed by atoms with Crippen LogP contribution in [0, 0.1) is 13.8 Å². The second kappa shape index (κ2) is 9.01. The molecule has 5 rings (SSSR count). The minimum atomic E-state index is -0.287. The van der Waals surface area contributed by atoms with E-state index in [1.54, 1.807) is 16.2 Å². The summed E-state index contributed by atoms with van der Waals surface area (Å²) in [7, 11) is 0. The van der Waals surface area contributed by atoms with E-state index in [1.165, 1.54) is 10.4 Å². The van der Waals surface area contributed by atoms with E-state index >= 15 is 0 Å². The largest absolute Gasteiger partial charge is 0.447 e. The number of aromatic nitrogens is 2. The van der Waals surface area contributed by atoms with Crippen molar-refractivity contribution in [3.8, 4) is 0 Å². The molecule has 0 bridgehead atoms. The van der Waals surface area contributed by atoms with Crippen LogP contribution in [0.25, 0.3) is 10.2 Å². The summed E-state index contributed by atoms with van der Waals surface area (Å²) in [5, 5.41) is 4.64. The molecule has 2 aromatic heterocycles. The van der Waals surface area contributed by atoms with Crippen LogP contribution in [0.15, 0.2) is 24.3 Å². The first-order chi connectivity index (χ1) is 15.6. The maximum absolute atomic E-state index is 11.9. The molecule has 0 aliphatic carbocycles. The van der Waals surface area contributed by atoms with E-state index in [0.29, 0.717) is 19.7 Å². The van der Waals surface area contributed by atoms with Crippen LogP contribution >= 0.6 is 11.3 Å². The number of nitrogens with zero attached hydrogens (tertiary/aromatic N) is 4. The Labute approximate surface area is 191 Å². The number of rotatable bonds is 6. The number of hydrogen-bond donors (Lipinski definition) is 1. The number of carbonyl (C=O) groups is 1. The fraction of sp³-hybridized carbons (Fsp3) is 0.435. The van der Waals surface area contributed by atoms with Crippen molar-refractivity contribution in [2.45, 2.75) is 26.9 Å². The molecule has 2 saturated heterocycles. The minimum Gasteiger partial charge on any atom is -0.447 e. The number of morpholine rings is 1. The van der Waals surface area contributed by atoms with E-state index in [2.05, 4.69) is 30.1 Å². The molecule has 3 aromatic rings. The van der Waals surface area contributed by atoms with Gasteiger partial charge in [0.1, 0.15) is 23.1 Å². The van der Waals surface area contributed by atoms with Gasteiger partial charge in [0.15, 0.2) is 0 Å². The van der Waals surface area contributed by atoms with Crippen LogP contribution in [0.5, 0.6) is 0 Å². The molecular formula is C23H27N5O3S. The average Bonchev–Trinajstić information content (AvgIpc) is 3.35. The number of carbonyl (C=O) groups excluding carboxylic acids is 1. The zero-order chi connectivity index (χ0) is 22.1. The molecule has 1 amide bonds. The fourth-order valence-corrected chi connectivity index (χ4v) is 5.15. The maximum atomic E-state index is 11.9. The minimum absolute atomic E-state index is 0.287. The summed E-state index contributed by atoms with van der Waals surface area (Å²) in [4.78, 5) is 28.0. The van der Waals surface area contributed by atoms with E-state index in [9.17, 15) is 4.79 Å². The average molecular weight is 454 g/mol. The normalized spacial score (nSPS) is 17.2. The molecule has 0 spiro atoms. The van der Waals surface area contributed by atoms with E-state index < -0.39 is 0 Å². The van der Waals surface area contributed by atoms with Crippen LogP contribution in [0.3, 0.4) is 0 Å². The van der Waals surface area contributed by atoms with E-state index in [0.717, 1.165) is 66.0 Å². The number of aryl methyl sites for hydroxylation is 2. The highest BCUT2D eigenvalue weighted by molar-refractivity contribution is 7.18. The first-order valence-corrected chi connectivity index (χ1v) is 11.7.